The largest absolute Gasteiger partial charge is 0.504 e. The number of carbonyl (C=O) groups is 1. The summed E-state index contributed by atoms with van der Waals surface area (Å²) in [4.78, 5) is 10.6. The number of benzene rings is 1. The molecule has 1 aromatic rings. The van der Waals surface area contributed by atoms with E-state index in [2.05, 4.69) is 0 Å². The molecule has 0 bridgehead atoms. The van der Waals surface area contributed by atoms with Crippen molar-refractivity contribution in [1.29, 1.82) is 0 Å². The first-order valence-electron chi connectivity index (χ1n) is 4.46. The molecule has 3 nitrogen and oxygen atoms in total. The van der Waals surface area contributed by atoms with Crippen LogP contribution in [0.25, 0.3) is 0 Å². The molecule has 1 rings (SSSR count). The van der Waals surface area contributed by atoms with Crippen LogP contribution in [0.4, 0.5) is 0 Å². The summed E-state index contributed by atoms with van der Waals surface area (Å²) in [5.74, 6) is 0.621. The van der Waals surface area contributed by atoms with Crippen molar-refractivity contribution in [1.82, 2.24) is 0 Å². The minimum atomic E-state index is 0.119. The molecule has 76 valence electrons. The van der Waals surface area contributed by atoms with Crippen LogP contribution in [0.15, 0.2) is 12.1 Å². The van der Waals surface area contributed by atoms with Crippen molar-refractivity contribution < 1.29 is 14.6 Å². The summed E-state index contributed by atoms with van der Waals surface area (Å²) in [7, 11) is 1.47. The second-order valence-electron chi connectivity index (χ2n) is 3.43. The van der Waals surface area contributed by atoms with E-state index in [9.17, 15) is 9.90 Å². The van der Waals surface area contributed by atoms with Gasteiger partial charge < -0.3 is 9.84 Å². The van der Waals surface area contributed by atoms with Gasteiger partial charge in [-0.25, -0.2) is 0 Å². The van der Waals surface area contributed by atoms with Gasteiger partial charge in [0.2, 0.25) is 0 Å². The van der Waals surface area contributed by atoms with E-state index in [0.29, 0.717) is 11.3 Å². The molecule has 0 unspecified atom stereocenters. The zero-order valence-corrected chi connectivity index (χ0v) is 8.57. The van der Waals surface area contributed by atoms with Crippen LogP contribution in [-0.2, 0) is 0 Å². The predicted molar refractivity (Wildman–Crippen MR) is 54.1 cm³/mol. The number of aromatic hydroxyl groups is 1. The maximum Gasteiger partial charge on any atom is 0.161 e. The monoisotopic (exact) mass is 194 g/mol. The zero-order valence-electron chi connectivity index (χ0n) is 8.57. The van der Waals surface area contributed by atoms with E-state index >= 15 is 0 Å². The minimum absolute atomic E-state index is 0.119. The Morgan fingerprint density at radius 2 is 2.07 bits per heavy atom. The number of hydrogen-bond donors (Lipinski definition) is 1. The van der Waals surface area contributed by atoms with E-state index in [1.807, 2.05) is 13.8 Å². The smallest absolute Gasteiger partial charge is 0.161 e. The van der Waals surface area contributed by atoms with Gasteiger partial charge in [0.05, 0.1) is 7.11 Å². The summed E-state index contributed by atoms with van der Waals surface area (Å²) in [6.07, 6.45) is 0.744. The first-order valence-corrected chi connectivity index (χ1v) is 4.46. The Balaban J connectivity index is 3.34. The molecule has 0 saturated carbocycles. The summed E-state index contributed by atoms with van der Waals surface area (Å²) in [5, 5.41) is 9.74. The highest BCUT2D eigenvalue weighted by molar-refractivity contribution is 5.77. The molecular weight excluding hydrogens is 180 g/mol. The first kappa shape index (κ1) is 10.6. The lowest BCUT2D eigenvalue weighted by atomic mass is 9.99. The molecule has 0 fully saturated rings. The van der Waals surface area contributed by atoms with Gasteiger partial charge in [-0.2, -0.15) is 0 Å². The second-order valence-corrected chi connectivity index (χ2v) is 3.43. The van der Waals surface area contributed by atoms with Gasteiger partial charge in [0, 0.05) is 11.1 Å². The topological polar surface area (TPSA) is 46.5 Å². The quantitative estimate of drug-likeness (QED) is 0.751. The van der Waals surface area contributed by atoms with Crippen LogP contribution in [0.2, 0.25) is 0 Å². The molecule has 1 N–H and O–H groups in total. The van der Waals surface area contributed by atoms with Crippen LogP contribution in [0.5, 0.6) is 11.5 Å². The lowest BCUT2D eigenvalue weighted by Gasteiger charge is -2.12. The molecular formula is C11H14O3. The van der Waals surface area contributed by atoms with Crippen molar-refractivity contribution in [2.45, 2.75) is 19.8 Å². The van der Waals surface area contributed by atoms with Gasteiger partial charge in [-0.3, -0.25) is 4.79 Å². The summed E-state index contributed by atoms with van der Waals surface area (Å²) in [6.45, 7) is 3.89. The van der Waals surface area contributed by atoms with E-state index in [1.54, 1.807) is 6.07 Å². The maximum absolute atomic E-state index is 10.6. The van der Waals surface area contributed by atoms with Crippen LogP contribution in [0, 0.1) is 0 Å². The van der Waals surface area contributed by atoms with Crippen molar-refractivity contribution in [3.05, 3.63) is 23.3 Å². The third kappa shape index (κ3) is 1.87. The number of methoxy groups -OCH3 is 1. The normalized spacial score (nSPS) is 10.3. The van der Waals surface area contributed by atoms with Gasteiger partial charge in [0.25, 0.3) is 0 Å². The Morgan fingerprint density at radius 1 is 1.43 bits per heavy atom. The van der Waals surface area contributed by atoms with Crippen molar-refractivity contribution in [3.63, 3.8) is 0 Å². The molecule has 0 radical (unpaired) electrons. The zero-order chi connectivity index (χ0) is 10.7. The number of rotatable bonds is 3. The van der Waals surface area contributed by atoms with Crippen molar-refractivity contribution >= 4 is 6.29 Å². The van der Waals surface area contributed by atoms with Crippen LogP contribution in [-0.4, -0.2) is 18.5 Å². The molecule has 1 aromatic carbocycles. The van der Waals surface area contributed by atoms with Gasteiger partial charge >= 0.3 is 0 Å². The average Bonchev–Trinajstić information content (AvgIpc) is 2.17. The highest BCUT2D eigenvalue weighted by Crippen LogP contribution is 2.35. The summed E-state index contributed by atoms with van der Waals surface area (Å²) >= 11 is 0. The Kier molecular flexibility index (Phi) is 3.12. The number of hydrogen-bond acceptors (Lipinski definition) is 3. The maximum atomic E-state index is 10.6. The van der Waals surface area contributed by atoms with E-state index < -0.39 is 0 Å². The van der Waals surface area contributed by atoms with E-state index in [-0.39, 0.29) is 11.7 Å². The third-order valence-electron chi connectivity index (χ3n) is 2.10. The molecule has 3 heteroatoms. The molecule has 14 heavy (non-hydrogen) atoms. The molecule has 0 aliphatic carbocycles. The Morgan fingerprint density at radius 3 is 2.50 bits per heavy atom. The van der Waals surface area contributed by atoms with E-state index in [1.165, 1.54) is 13.2 Å². The van der Waals surface area contributed by atoms with Gasteiger partial charge in [-0.05, 0) is 18.1 Å². The van der Waals surface area contributed by atoms with E-state index in [4.69, 9.17) is 4.74 Å². The second kappa shape index (κ2) is 4.13. The molecule has 0 spiro atoms. The summed E-state index contributed by atoms with van der Waals surface area (Å²) in [6, 6.07) is 3.20. The lowest BCUT2D eigenvalue weighted by molar-refractivity contribution is 0.112. The fourth-order valence-corrected chi connectivity index (χ4v) is 1.32. The highest BCUT2D eigenvalue weighted by Gasteiger charge is 2.12. The average molecular weight is 194 g/mol. The summed E-state index contributed by atoms with van der Waals surface area (Å²) < 4.78 is 4.97. The van der Waals surface area contributed by atoms with Gasteiger partial charge in [0.15, 0.2) is 11.5 Å². The Labute approximate surface area is 83.3 Å². The fourth-order valence-electron chi connectivity index (χ4n) is 1.32. The molecule has 0 aliphatic heterocycles. The van der Waals surface area contributed by atoms with Crippen LogP contribution in [0.3, 0.4) is 0 Å². The van der Waals surface area contributed by atoms with Crippen LogP contribution in [0.1, 0.15) is 35.7 Å². The number of carbonyl (C=O) groups excluding carboxylic acids is 1. The third-order valence-corrected chi connectivity index (χ3v) is 2.10. The van der Waals surface area contributed by atoms with Gasteiger partial charge in [-0.1, -0.05) is 13.8 Å². The number of aldehydes is 1. The number of phenols is 1. The number of ether oxygens (including phenoxy) is 1. The van der Waals surface area contributed by atoms with E-state index in [0.717, 1.165) is 11.8 Å². The van der Waals surface area contributed by atoms with Crippen molar-refractivity contribution in [2.24, 2.45) is 0 Å². The predicted octanol–water partition coefficient (Wildman–Crippen LogP) is 2.34. The standard InChI is InChI=1S/C11H14O3/c1-7(2)9-4-8(6-12)5-10(14-3)11(9)13/h4-7,13H,1-3H3. The van der Waals surface area contributed by atoms with Crippen LogP contribution >= 0.6 is 0 Å². The van der Waals surface area contributed by atoms with Gasteiger partial charge in [0.1, 0.15) is 6.29 Å². The lowest BCUT2D eigenvalue weighted by Crippen LogP contribution is -1.94. The first-order chi connectivity index (χ1) is 6.60. The molecule has 0 aliphatic rings. The molecule has 0 saturated heterocycles. The van der Waals surface area contributed by atoms with Crippen molar-refractivity contribution in [3.8, 4) is 11.5 Å². The Bertz CT molecular complexity index is 343. The minimum Gasteiger partial charge on any atom is -0.504 e. The summed E-state index contributed by atoms with van der Waals surface area (Å²) in [5.41, 5.74) is 1.25. The highest BCUT2D eigenvalue weighted by atomic mass is 16.5. The van der Waals surface area contributed by atoms with Gasteiger partial charge in [-0.15, -0.1) is 0 Å². The molecule has 0 heterocycles. The van der Waals surface area contributed by atoms with Crippen molar-refractivity contribution in [2.75, 3.05) is 7.11 Å². The molecule has 0 atom stereocenters. The van der Waals surface area contributed by atoms with Crippen LogP contribution < -0.4 is 4.74 Å². The molecule has 0 amide bonds. The fraction of sp³-hybridized carbons (Fsp3) is 0.364. The Hall–Kier alpha value is -1.51. The SMILES string of the molecule is COc1cc(C=O)cc(C(C)C)c1O. The molecule has 0 aromatic heterocycles. The number of phenolic OH excluding ortho intramolecular Hbond substituents is 1.